The summed E-state index contributed by atoms with van der Waals surface area (Å²) in [5, 5.41) is 3.21. The Balaban J connectivity index is 2.18. The molecule has 0 atom stereocenters. The summed E-state index contributed by atoms with van der Waals surface area (Å²) in [6.07, 6.45) is 5.16. The van der Waals surface area contributed by atoms with Crippen LogP contribution in [0.1, 0.15) is 67.3 Å². The summed E-state index contributed by atoms with van der Waals surface area (Å²) >= 11 is 0. The zero-order chi connectivity index (χ0) is 14.0. The number of aryl methyl sites for hydroxylation is 1. The molecule has 1 heterocycles. The summed E-state index contributed by atoms with van der Waals surface area (Å²) < 4.78 is 2.38. The Morgan fingerprint density at radius 1 is 1.37 bits per heavy atom. The molecule has 1 aromatic heterocycles. The molecule has 1 aliphatic carbocycles. The highest BCUT2D eigenvalue weighted by Crippen LogP contribution is 2.33. The molecule has 1 fully saturated rings. The van der Waals surface area contributed by atoms with E-state index in [1.54, 1.807) is 0 Å². The minimum Gasteiger partial charge on any atom is -0.345 e. The van der Waals surface area contributed by atoms with Crippen molar-refractivity contribution in [3.63, 3.8) is 0 Å². The average Bonchev–Trinajstić information content (AvgIpc) is 2.94. The van der Waals surface area contributed by atoms with Crippen molar-refractivity contribution in [3.8, 4) is 0 Å². The van der Waals surface area contributed by atoms with E-state index in [0.717, 1.165) is 11.3 Å². The predicted octanol–water partition coefficient (Wildman–Crippen LogP) is 3.40. The van der Waals surface area contributed by atoms with Crippen molar-refractivity contribution < 1.29 is 4.79 Å². The van der Waals surface area contributed by atoms with E-state index >= 15 is 0 Å². The fourth-order valence-corrected chi connectivity index (χ4v) is 3.18. The second-order valence-corrected chi connectivity index (χ2v) is 6.05. The molecule has 0 aliphatic heterocycles. The first kappa shape index (κ1) is 14.3. The van der Waals surface area contributed by atoms with E-state index in [-0.39, 0.29) is 5.78 Å². The van der Waals surface area contributed by atoms with Gasteiger partial charge in [0.1, 0.15) is 0 Å². The van der Waals surface area contributed by atoms with Gasteiger partial charge in [0, 0.05) is 29.0 Å². The second-order valence-electron chi connectivity index (χ2n) is 6.05. The molecule has 1 aromatic rings. The lowest BCUT2D eigenvalue weighted by Gasteiger charge is -2.17. The summed E-state index contributed by atoms with van der Waals surface area (Å²) in [6.45, 7) is 8.78. The zero-order valence-corrected chi connectivity index (χ0v) is 12.6. The van der Waals surface area contributed by atoms with Crippen molar-refractivity contribution in [3.05, 3.63) is 23.0 Å². The van der Waals surface area contributed by atoms with Crippen LogP contribution >= 0.6 is 0 Å². The first-order valence-electron chi connectivity index (χ1n) is 7.45. The van der Waals surface area contributed by atoms with E-state index in [1.807, 2.05) is 0 Å². The van der Waals surface area contributed by atoms with Crippen molar-refractivity contribution in [1.29, 1.82) is 0 Å². The van der Waals surface area contributed by atoms with Gasteiger partial charge in [0.15, 0.2) is 5.78 Å². The summed E-state index contributed by atoms with van der Waals surface area (Å²) in [6, 6.07) is 3.03. The van der Waals surface area contributed by atoms with Gasteiger partial charge < -0.3 is 9.88 Å². The van der Waals surface area contributed by atoms with Crippen molar-refractivity contribution in [2.45, 2.75) is 65.5 Å². The van der Waals surface area contributed by atoms with Gasteiger partial charge >= 0.3 is 0 Å². The number of aromatic nitrogens is 1. The van der Waals surface area contributed by atoms with Gasteiger partial charge in [-0.25, -0.2) is 0 Å². The SMILES string of the molecule is Cc1cc(C(=O)CNC(C)C)c(C)n1C1CCCC1. The quantitative estimate of drug-likeness (QED) is 0.825. The van der Waals surface area contributed by atoms with Gasteiger partial charge in [-0.1, -0.05) is 26.7 Å². The number of nitrogens with one attached hydrogen (secondary N) is 1. The molecular formula is C16H26N2O. The van der Waals surface area contributed by atoms with E-state index in [4.69, 9.17) is 0 Å². The Bertz CT molecular complexity index is 454. The lowest BCUT2D eigenvalue weighted by molar-refractivity contribution is 0.0987. The van der Waals surface area contributed by atoms with E-state index < -0.39 is 0 Å². The molecule has 0 radical (unpaired) electrons. The Morgan fingerprint density at radius 2 is 2.00 bits per heavy atom. The van der Waals surface area contributed by atoms with Gasteiger partial charge in [-0.15, -0.1) is 0 Å². The Kier molecular flexibility index (Phi) is 4.46. The number of hydrogen-bond acceptors (Lipinski definition) is 2. The van der Waals surface area contributed by atoms with E-state index in [2.05, 4.69) is 43.6 Å². The third-order valence-corrected chi connectivity index (χ3v) is 4.15. The average molecular weight is 262 g/mol. The van der Waals surface area contributed by atoms with Crippen LogP contribution in [0.15, 0.2) is 6.07 Å². The van der Waals surface area contributed by atoms with Gasteiger partial charge in [-0.05, 0) is 32.8 Å². The van der Waals surface area contributed by atoms with Crippen LogP contribution in [0.25, 0.3) is 0 Å². The summed E-state index contributed by atoms with van der Waals surface area (Å²) in [5.41, 5.74) is 3.29. The van der Waals surface area contributed by atoms with Crippen molar-refractivity contribution in [2.24, 2.45) is 0 Å². The molecule has 0 spiro atoms. The molecular weight excluding hydrogens is 236 g/mol. The number of carbonyl (C=O) groups excluding carboxylic acids is 1. The molecule has 1 aliphatic rings. The van der Waals surface area contributed by atoms with E-state index in [1.165, 1.54) is 31.4 Å². The smallest absolute Gasteiger partial charge is 0.178 e. The summed E-state index contributed by atoms with van der Waals surface area (Å²) in [4.78, 5) is 12.3. The highest BCUT2D eigenvalue weighted by Gasteiger charge is 2.23. The van der Waals surface area contributed by atoms with Gasteiger partial charge in [-0.2, -0.15) is 0 Å². The largest absolute Gasteiger partial charge is 0.345 e. The maximum Gasteiger partial charge on any atom is 0.178 e. The number of rotatable bonds is 5. The van der Waals surface area contributed by atoms with Gasteiger partial charge in [0.05, 0.1) is 6.54 Å². The van der Waals surface area contributed by atoms with Gasteiger partial charge in [0.25, 0.3) is 0 Å². The topological polar surface area (TPSA) is 34.0 Å². The maximum atomic E-state index is 12.3. The molecule has 2 rings (SSSR count). The monoisotopic (exact) mass is 262 g/mol. The minimum atomic E-state index is 0.214. The minimum absolute atomic E-state index is 0.214. The Hall–Kier alpha value is -1.09. The van der Waals surface area contributed by atoms with E-state index in [9.17, 15) is 4.79 Å². The van der Waals surface area contributed by atoms with Gasteiger partial charge in [0.2, 0.25) is 0 Å². The standard InChI is InChI=1S/C16H26N2O/c1-11(2)17-10-16(19)15-9-12(3)18(13(15)4)14-7-5-6-8-14/h9,11,14,17H,5-8,10H2,1-4H3. The molecule has 1 N–H and O–H groups in total. The number of Topliss-reactive ketones (excluding diaryl/α,β-unsaturated/α-hetero) is 1. The molecule has 0 bridgehead atoms. The molecule has 1 saturated carbocycles. The van der Waals surface area contributed by atoms with Crippen LogP contribution in [-0.2, 0) is 0 Å². The number of hydrogen-bond donors (Lipinski definition) is 1. The zero-order valence-electron chi connectivity index (χ0n) is 12.6. The van der Waals surface area contributed by atoms with Crippen molar-refractivity contribution in [1.82, 2.24) is 9.88 Å². The molecule has 106 valence electrons. The van der Waals surface area contributed by atoms with Crippen LogP contribution in [0.5, 0.6) is 0 Å². The number of carbonyl (C=O) groups is 1. The normalized spacial score (nSPS) is 16.5. The fourth-order valence-electron chi connectivity index (χ4n) is 3.18. The second kappa shape index (κ2) is 5.91. The molecule has 0 amide bonds. The summed E-state index contributed by atoms with van der Waals surface area (Å²) in [5.74, 6) is 0.214. The van der Waals surface area contributed by atoms with Crippen LogP contribution in [-0.4, -0.2) is 22.9 Å². The van der Waals surface area contributed by atoms with Crippen molar-refractivity contribution >= 4 is 5.78 Å². The van der Waals surface area contributed by atoms with Crippen LogP contribution in [0, 0.1) is 13.8 Å². The van der Waals surface area contributed by atoms with E-state index in [0.29, 0.717) is 18.6 Å². The Morgan fingerprint density at radius 3 is 2.58 bits per heavy atom. The lowest BCUT2D eigenvalue weighted by atomic mass is 10.1. The first-order chi connectivity index (χ1) is 9.00. The third kappa shape index (κ3) is 3.08. The van der Waals surface area contributed by atoms with Gasteiger partial charge in [-0.3, -0.25) is 4.79 Å². The van der Waals surface area contributed by atoms with Crippen LogP contribution in [0.4, 0.5) is 0 Å². The fraction of sp³-hybridized carbons (Fsp3) is 0.688. The highest BCUT2D eigenvalue weighted by atomic mass is 16.1. The third-order valence-electron chi connectivity index (χ3n) is 4.15. The molecule has 0 saturated heterocycles. The molecule has 0 aromatic carbocycles. The maximum absolute atomic E-state index is 12.3. The van der Waals surface area contributed by atoms with Crippen LogP contribution in [0.2, 0.25) is 0 Å². The molecule has 3 heteroatoms. The predicted molar refractivity (Wildman–Crippen MR) is 78.9 cm³/mol. The number of nitrogens with zero attached hydrogens (tertiary/aromatic N) is 1. The van der Waals surface area contributed by atoms with Crippen molar-refractivity contribution in [2.75, 3.05) is 6.54 Å². The number of ketones is 1. The van der Waals surface area contributed by atoms with Crippen LogP contribution in [0.3, 0.4) is 0 Å². The first-order valence-corrected chi connectivity index (χ1v) is 7.45. The highest BCUT2D eigenvalue weighted by molar-refractivity contribution is 5.99. The molecule has 19 heavy (non-hydrogen) atoms. The lowest BCUT2D eigenvalue weighted by Crippen LogP contribution is -2.29. The van der Waals surface area contributed by atoms with Crippen LogP contribution < -0.4 is 5.32 Å². The summed E-state index contributed by atoms with van der Waals surface area (Å²) in [7, 11) is 0. The molecule has 0 unspecified atom stereocenters. The Labute approximate surface area is 116 Å². The molecule has 3 nitrogen and oxygen atoms in total.